The van der Waals surface area contributed by atoms with Crippen molar-refractivity contribution >= 4 is 28.1 Å². The number of aromatic nitrogens is 4. The van der Waals surface area contributed by atoms with Gasteiger partial charge >= 0.3 is 0 Å². The fraction of sp³-hybridized carbons (Fsp3) is 0.560. The number of piperidine rings is 2. The molecule has 0 bridgehead atoms. The zero-order chi connectivity index (χ0) is 23.7. The SMILES string of the molecule is C[C@@H]1CCCCN1C(=O)Cc1nnc2sc(-c3ccccc3CC(=O)N3CCCC[C@@H]3C)nn12. The summed E-state index contributed by atoms with van der Waals surface area (Å²) < 4.78 is 1.69. The normalized spacial score (nSPS) is 21.2. The van der Waals surface area contributed by atoms with Crippen LogP contribution in [0.2, 0.25) is 0 Å². The maximum Gasteiger partial charge on any atom is 0.234 e. The van der Waals surface area contributed by atoms with Crippen molar-refractivity contribution < 1.29 is 9.59 Å². The minimum Gasteiger partial charge on any atom is -0.340 e. The maximum absolute atomic E-state index is 13.1. The molecule has 5 rings (SSSR count). The molecule has 8 nitrogen and oxygen atoms in total. The number of nitrogens with zero attached hydrogens (tertiary/aromatic N) is 6. The van der Waals surface area contributed by atoms with Crippen molar-refractivity contribution in [1.82, 2.24) is 29.6 Å². The van der Waals surface area contributed by atoms with E-state index < -0.39 is 0 Å². The third-order valence-electron chi connectivity index (χ3n) is 7.20. The molecule has 0 saturated carbocycles. The van der Waals surface area contributed by atoms with Crippen LogP contribution in [0.15, 0.2) is 24.3 Å². The van der Waals surface area contributed by atoms with Gasteiger partial charge in [0, 0.05) is 30.7 Å². The lowest BCUT2D eigenvalue weighted by Crippen LogP contribution is -2.43. The van der Waals surface area contributed by atoms with Crippen molar-refractivity contribution in [2.24, 2.45) is 0 Å². The lowest BCUT2D eigenvalue weighted by atomic mass is 10.0. The molecule has 0 radical (unpaired) electrons. The van der Waals surface area contributed by atoms with Crippen molar-refractivity contribution in [1.29, 1.82) is 0 Å². The van der Waals surface area contributed by atoms with Crippen LogP contribution in [0.5, 0.6) is 0 Å². The summed E-state index contributed by atoms with van der Waals surface area (Å²) in [5.74, 6) is 0.818. The Balaban J connectivity index is 1.37. The van der Waals surface area contributed by atoms with Gasteiger partial charge in [0.05, 0.1) is 12.8 Å². The van der Waals surface area contributed by atoms with E-state index in [1.54, 1.807) is 4.52 Å². The van der Waals surface area contributed by atoms with Gasteiger partial charge in [-0.2, -0.15) is 9.61 Å². The lowest BCUT2D eigenvalue weighted by molar-refractivity contribution is -0.134. The van der Waals surface area contributed by atoms with Crippen LogP contribution in [0.3, 0.4) is 0 Å². The Hall–Kier alpha value is -2.81. The number of amides is 2. The highest BCUT2D eigenvalue weighted by Crippen LogP contribution is 2.30. The average Bonchev–Trinajstić information content (AvgIpc) is 3.42. The number of benzene rings is 1. The molecular formula is C25H32N6O2S. The van der Waals surface area contributed by atoms with Crippen LogP contribution in [0.1, 0.15) is 63.8 Å². The van der Waals surface area contributed by atoms with Crippen LogP contribution in [-0.4, -0.2) is 66.6 Å². The summed E-state index contributed by atoms with van der Waals surface area (Å²) in [5, 5.41) is 14.1. The summed E-state index contributed by atoms with van der Waals surface area (Å²) in [5.41, 5.74) is 1.91. The van der Waals surface area contributed by atoms with Gasteiger partial charge in [0.25, 0.3) is 0 Å². The second-order valence-corrected chi connectivity index (χ2v) is 10.5. The number of hydrogen-bond donors (Lipinski definition) is 0. The molecule has 0 unspecified atom stereocenters. The molecule has 2 aliphatic heterocycles. The fourth-order valence-electron chi connectivity index (χ4n) is 5.20. The Bertz CT molecular complexity index is 1190. The van der Waals surface area contributed by atoms with E-state index in [-0.39, 0.29) is 24.3 Å². The van der Waals surface area contributed by atoms with E-state index >= 15 is 0 Å². The Labute approximate surface area is 204 Å². The molecule has 0 aliphatic carbocycles. The molecule has 3 aromatic rings. The topological polar surface area (TPSA) is 83.7 Å². The molecule has 2 amide bonds. The van der Waals surface area contributed by atoms with E-state index in [1.165, 1.54) is 24.2 Å². The van der Waals surface area contributed by atoms with E-state index in [0.717, 1.165) is 54.9 Å². The van der Waals surface area contributed by atoms with Gasteiger partial charge in [-0.25, -0.2) is 0 Å². The smallest absolute Gasteiger partial charge is 0.234 e. The van der Waals surface area contributed by atoms with Crippen LogP contribution in [0, 0.1) is 0 Å². The van der Waals surface area contributed by atoms with Crippen LogP contribution in [0.25, 0.3) is 15.5 Å². The first-order chi connectivity index (χ1) is 16.5. The van der Waals surface area contributed by atoms with Crippen molar-refractivity contribution in [2.75, 3.05) is 13.1 Å². The highest BCUT2D eigenvalue weighted by molar-refractivity contribution is 7.19. The second-order valence-electron chi connectivity index (χ2n) is 9.59. The zero-order valence-electron chi connectivity index (χ0n) is 19.9. The van der Waals surface area contributed by atoms with Gasteiger partial charge < -0.3 is 9.80 Å². The molecule has 2 aromatic heterocycles. The summed E-state index contributed by atoms with van der Waals surface area (Å²) in [4.78, 5) is 30.6. The highest BCUT2D eigenvalue weighted by Gasteiger charge is 2.27. The van der Waals surface area contributed by atoms with Gasteiger partial charge in [-0.15, -0.1) is 10.2 Å². The molecule has 34 heavy (non-hydrogen) atoms. The number of carbonyl (C=O) groups excluding carboxylic acids is 2. The predicted molar refractivity (Wildman–Crippen MR) is 132 cm³/mol. The second kappa shape index (κ2) is 9.82. The van der Waals surface area contributed by atoms with Crippen LogP contribution >= 0.6 is 11.3 Å². The van der Waals surface area contributed by atoms with Gasteiger partial charge in [-0.05, 0) is 57.9 Å². The van der Waals surface area contributed by atoms with Crippen molar-refractivity contribution in [3.63, 3.8) is 0 Å². The van der Waals surface area contributed by atoms with Gasteiger partial charge in [0.2, 0.25) is 16.8 Å². The van der Waals surface area contributed by atoms with Crippen LogP contribution in [-0.2, 0) is 22.4 Å². The third kappa shape index (κ3) is 4.58. The van der Waals surface area contributed by atoms with E-state index in [0.29, 0.717) is 23.2 Å². The number of hydrogen-bond acceptors (Lipinski definition) is 6. The van der Waals surface area contributed by atoms with Crippen LogP contribution in [0.4, 0.5) is 0 Å². The molecule has 2 saturated heterocycles. The molecule has 2 atom stereocenters. The Kier molecular flexibility index (Phi) is 6.63. The van der Waals surface area contributed by atoms with Crippen molar-refractivity contribution in [3.8, 4) is 10.6 Å². The first-order valence-electron chi connectivity index (χ1n) is 12.4. The van der Waals surface area contributed by atoms with E-state index in [9.17, 15) is 9.59 Å². The Morgan fingerprint density at radius 3 is 2.24 bits per heavy atom. The minimum absolute atomic E-state index is 0.0812. The summed E-state index contributed by atoms with van der Waals surface area (Å²) in [6, 6.07) is 8.52. The van der Waals surface area contributed by atoms with Gasteiger partial charge in [-0.3, -0.25) is 9.59 Å². The average molecular weight is 481 g/mol. The summed E-state index contributed by atoms with van der Waals surface area (Å²) in [6.45, 7) is 5.90. The molecule has 4 heterocycles. The lowest BCUT2D eigenvalue weighted by Gasteiger charge is -2.33. The number of likely N-dealkylation sites (tertiary alicyclic amines) is 2. The van der Waals surface area contributed by atoms with Gasteiger partial charge in [0.1, 0.15) is 5.01 Å². The number of rotatable bonds is 5. The highest BCUT2D eigenvalue weighted by atomic mass is 32.1. The first-order valence-corrected chi connectivity index (χ1v) is 13.2. The largest absolute Gasteiger partial charge is 0.340 e. The van der Waals surface area contributed by atoms with Crippen molar-refractivity contribution in [3.05, 3.63) is 35.7 Å². The standard InChI is InChI=1S/C25H32N6O2S/c1-17-9-5-7-13-29(17)22(32)15-19-11-3-4-12-20(19)24-28-31-21(26-27-25(31)34-24)16-23(33)30-14-8-6-10-18(30)2/h3-4,11-12,17-18H,5-10,13-16H2,1-2H3/t17-,18+/m0/s1. The monoisotopic (exact) mass is 480 g/mol. The number of carbonyl (C=O) groups is 2. The third-order valence-corrected chi connectivity index (χ3v) is 8.13. The molecule has 180 valence electrons. The van der Waals surface area contributed by atoms with Gasteiger partial charge in [0.15, 0.2) is 5.82 Å². The summed E-state index contributed by atoms with van der Waals surface area (Å²) >= 11 is 1.44. The molecule has 0 spiro atoms. The molecule has 1 aromatic carbocycles. The number of fused-ring (bicyclic) bond motifs is 1. The van der Waals surface area contributed by atoms with Gasteiger partial charge in [-0.1, -0.05) is 35.6 Å². The van der Waals surface area contributed by atoms with E-state index in [4.69, 9.17) is 5.10 Å². The predicted octanol–water partition coefficient (Wildman–Crippen LogP) is 3.74. The van der Waals surface area contributed by atoms with E-state index in [1.807, 2.05) is 34.1 Å². The zero-order valence-corrected chi connectivity index (χ0v) is 20.8. The molecular weight excluding hydrogens is 448 g/mol. The fourth-order valence-corrected chi connectivity index (χ4v) is 6.12. The molecule has 2 fully saturated rings. The van der Waals surface area contributed by atoms with Crippen LogP contribution < -0.4 is 0 Å². The quantitative estimate of drug-likeness (QED) is 0.556. The van der Waals surface area contributed by atoms with E-state index in [2.05, 4.69) is 24.0 Å². The summed E-state index contributed by atoms with van der Waals surface area (Å²) in [7, 11) is 0. The first kappa shape index (κ1) is 23.0. The minimum atomic E-state index is 0.0812. The summed E-state index contributed by atoms with van der Waals surface area (Å²) in [6.07, 6.45) is 7.17. The van der Waals surface area contributed by atoms with Crippen molar-refractivity contribution in [2.45, 2.75) is 77.3 Å². The Morgan fingerprint density at radius 2 is 1.56 bits per heavy atom. The molecule has 9 heteroatoms. The molecule has 0 N–H and O–H groups in total. The molecule has 2 aliphatic rings. The maximum atomic E-state index is 13.1. The Morgan fingerprint density at radius 1 is 0.912 bits per heavy atom.